The molecule has 0 aromatic carbocycles. The van der Waals surface area contributed by atoms with Crippen LogP contribution >= 0.6 is 38.9 Å². The molecular formula is C5H6BrClN4S. The molecule has 0 saturated heterocycles. The molecule has 12 heavy (non-hydrogen) atoms. The molecule has 0 aliphatic rings. The molecule has 0 amide bonds. The smallest absolute Gasteiger partial charge is 0.178 e. The van der Waals surface area contributed by atoms with E-state index in [2.05, 4.69) is 26.5 Å². The quantitative estimate of drug-likeness (QED) is 0.311. The molecule has 0 radical (unpaired) electrons. The van der Waals surface area contributed by atoms with Crippen molar-refractivity contribution in [2.45, 2.75) is 0 Å². The van der Waals surface area contributed by atoms with Crippen LogP contribution in [0.25, 0.3) is 0 Å². The first-order valence-electron chi connectivity index (χ1n) is 2.88. The second-order valence-corrected chi connectivity index (χ2v) is 4.39. The molecule has 0 fully saturated rings. The lowest BCUT2D eigenvalue weighted by atomic mass is 10.4. The van der Waals surface area contributed by atoms with Crippen LogP contribution in [0, 0.1) is 0 Å². The van der Waals surface area contributed by atoms with Crippen LogP contribution in [-0.4, -0.2) is 5.84 Å². The first-order chi connectivity index (χ1) is 5.69. The van der Waals surface area contributed by atoms with Crippen molar-refractivity contribution in [3.63, 3.8) is 0 Å². The Morgan fingerprint density at radius 2 is 2.42 bits per heavy atom. The van der Waals surface area contributed by atoms with Gasteiger partial charge in [-0.2, -0.15) is 5.10 Å². The van der Waals surface area contributed by atoms with Gasteiger partial charge < -0.3 is 11.3 Å². The SMILES string of the molecule is N/N=C(\NN)c1sc(Cl)cc1Br. The van der Waals surface area contributed by atoms with Gasteiger partial charge in [-0.25, -0.2) is 5.84 Å². The Labute approximate surface area is 86.7 Å². The molecule has 1 heterocycles. The molecule has 5 N–H and O–H groups in total. The van der Waals surface area contributed by atoms with Crippen LogP contribution in [-0.2, 0) is 0 Å². The Hall–Kier alpha value is -0.300. The van der Waals surface area contributed by atoms with E-state index in [-0.39, 0.29) is 0 Å². The molecule has 0 aliphatic heterocycles. The van der Waals surface area contributed by atoms with Crippen molar-refractivity contribution in [2.75, 3.05) is 0 Å². The summed E-state index contributed by atoms with van der Waals surface area (Å²) in [5.41, 5.74) is 2.37. The third kappa shape index (κ3) is 1.89. The van der Waals surface area contributed by atoms with Crippen LogP contribution < -0.4 is 17.1 Å². The highest BCUT2D eigenvalue weighted by Gasteiger charge is 2.10. The normalized spacial score (nSPS) is 11.8. The van der Waals surface area contributed by atoms with Crippen molar-refractivity contribution in [3.05, 3.63) is 19.8 Å². The molecule has 7 heteroatoms. The molecule has 0 unspecified atom stereocenters. The van der Waals surface area contributed by atoms with Gasteiger partial charge in [0.25, 0.3) is 0 Å². The minimum absolute atomic E-state index is 0.402. The lowest BCUT2D eigenvalue weighted by molar-refractivity contribution is 1.01. The lowest BCUT2D eigenvalue weighted by Crippen LogP contribution is -2.31. The van der Waals surface area contributed by atoms with E-state index in [0.717, 1.165) is 9.35 Å². The van der Waals surface area contributed by atoms with Gasteiger partial charge in [0, 0.05) is 4.47 Å². The van der Waals surface area contributed by atoms with E-state index < -0.39 is 0 Å². The third-order valence-corrected chi connectivity index (χ3v) is 3.30. The van der Waals surface area contributed by atoms with Crippen molar-refractivity contribution < 1.29 is 0 Å². The molecule has 66 valence electrons. The Bertz CT molecular complexity index is 310. The van der Waals surface area contributed by atoms with E-state index in [1.807, 2.05) is 0 Å². The number of amidine groups is 1. The molecule has 0 spiro atoms. The summed E-state index contributed by atoms with van der Waals surface area (Å²) in [6.45, 7) is 0. The van der Waals surface area contributed by atoms with Crippen LogP contribution in [0.3, 0.4) is 0 Å². The molecule has 4 nitrogen and oxygen atoms in total. The summed E-state index contributed by atoms with van der Waals surface area (Å²) >= 11 is 10.4. The average Bonchev–Trinajstić information content (AvgIpc) is 2.34. The number of hydrogen-bond donors (Lipinski definition) is 3. The summed E-state index contributed by atoms with van der Waals surface area (Å²) in [4.78, 5) is 0.782. The number of nitrogens with two attached hydrogens (primary N) is 2. The molecule has 0 atom stereocenters. The number of nitrogens with zero attached hydrogens (tertiary/aromatic N) is 1. The van der Waals surface area contributed by atoms with E-state index in [4.69, 9.17) is 23.3 Å². The minimum Gasteiger partial charge on any atom is -0.321 e. The zero-order valence-electron chi connectivity index (χ0n) is 5.84. The van der Waals surface area contributed by atoms with Crippen molar-refractivity contribution in [3.8, 4) is 0 Å². The maximum atomic E-state index is 5.75. The first-order valence-corrected chi connectivity index (χ1v) is 4.87. The van der Waals surface area contributed by atoms with E-state index in [1.165, 1.54) is 11.3 Å². The predicted molar refractivity (Wildman–Crippen MR) is 55.1 cm³/mol. The summed E-state index contributed by atoms with van der Waals surface area (Å²) < 4.78 is 1.47. The Kier molecular flexibility index (Phi) is 3.33. The van der Waals surface area contributed by atoms with Crippen LogP contribution in [0.5, 0.6) is 0 Å². The number of nitrogens with one attached hydrogen (secondary N) is 1. The van der Waals surface area contributed by atoms with Crippen LogP contribution in [0.15, 0.2) is 15.6 Å². The highest BCUT2D eigenvalue weighted by molar-refractivity contribution is 9.10. The molecule has 1 aromatic heterocycles. The number of halogens is 2. The molecule has 0 bridgehead atoms. The monoisotopic (exact) mass is 268 g/mol. The maximum absolute atomic E-state index is 5.75. The summed E-state index contributed by atoms with van der Waals surface area (Å²) in [6, 6.07) is 1.75. The Morgan fingerprint density at radius 3 is 2.75 bits per heavy atom. The van der Waals surface area contributed by atoms with Gasteiger partial charge in [0.1, 0.15) is 0 Å². The fourth-order valence-electron chi connectivity index (χ4n) is 0.664. The summed E-state index contributed by atoms with van der Waals surface area (Å²) in [6.07, 6.45) is 0. The van der Waals surface area contributed by atoms with Crippen LogP contribution in [0.4, 0.5) is 0 Å². The highest BCUT2D eigenvalue weighted by atomic mass is 79.9. The fourth-order valence-corrected chi connectivity index (χ4v) is 2.68. The van der Waals surface area contributed by atoms with Gasteiger partial charge in [-0.05, 0) is 22.0 Å². The average molecular weight is 270 g/mol. The standard InChI is InChI=1S/C5H6BrClN4S/c6-2-1-3(7)12-4(2)5(10-8)11-9/h1H,8-9H2,(H,10,11). The molecular weight excluding hydrogens is 264 g/mol. The number of hydrazine groups is 1. The first kappa shape index (κ1) is 9.79. The zero-order chi connectivity index (χ0) is 9.14. The predicted octanol–water partition coefficient (Wildman–Crippen LogP) is 1.25. The second kappa shape index (κ2) is 4.08. The fraction of sp³-hybridized carbons (Fsp3) is 0. The largest absolute Gasteiger partial charge is 0.321 e. The number of hydrazone groups is 1. The number of rotatable bonds is 1. The van der Waals surface area contributed by atoms with E-state index in [1.54, 1.807) is 6.07 Å². The van der Waals surface area contributed by atoms with Crippen molar-refractivity contribution in [2.24, 2.45) is 16.8 Å². The van der Waals surface area contributed by atoms with E-state index >= 15 is 0 Å². The van der Waals surface area contributed by atoms with E-state index in [0.29, 0.717) is 10.2 Å². The van der Waals surface area contributed by atoms with Gasteiger partial charge in [0.2, 0.25) is 0 Å². The molecule has 1 rings (SSSR count). The van der Waals surface area contributed by atoms with Crippen molar-refractivity contribution in [1.82, 2.24) is 5.43 Å². The number of hydrogen-bond acceptors (Lipinski definition) is 4. The topological polar surface area (TPSA) is 76.4 Å². The Morgan fingerprint density at radius 1 is 1.75 bits per heavy atom. The van der Waals surface area contributed by atoms with Crippen LogP contribution in [0.1, 0.15) is 4.88 Å². The molecule has 1 aromatic rings. The van der Waals surface area contributed by atoms with Crippen LogP contribution in [0.2, 0.25) is 4.34 Å². The van der Waals surface area contributed by atoms with Gasteiger partial charge in [-0.1, -0.05) is 11.6 Å². The maximum Gasteiger partial charge on any atom is 0.178 e. The van der Waals surface area contributed by atoms with Gasteiger partial charge in [-0.3, -0.25) is 0 Å². The number of thiophene rings is 1. The van der Waals surface area contributed by atoms with Gasteiger partial charge in [0.15, 0.2) is 5.84 Å². The molecule has 0 saturated carbocycles. The zero-order valence-corrected chi connectivity index (χ0v) is 9.00. The van der Waals surface area contributed by atoms with Gasteiger partial charge in [-0.15, -0.1) is 11.3 Å². The summed E-state index contributed by atoms with van der Waals surface area (Å²) in [5.74, 6) is 10.7. The van der Waals surface area contributed by atoms with Gasteiger partial charge in [0.05, 0.1) is 9.21 Å². The Balaban J connectivity index is 3.09. The van der Waals surface area contributed by atoms with E-state index in [9.17, 15) is 0 Å². The lowest BCUT2D eigenvalue weighted by Gasteiger charge is -1.99. The third-order valence-electron chi connectivity index (χ3n) is 1.14. The summed E-state index contributed by atoms with van der Waals surface area (Å²) in [5, 5.41) is 3.45. The van der Waals surface area contributed by atoms with Crippen molar-refractivity contribution in [1.29, 1.82) is 0 Å². The minimum atomic E-state index is 0.402. The van der Waals surface area contributed by atoms with Crippen molar-refractivity contribution >= 4 is 44.7 Å². The highest BCUT2D eigenvalue weighted by Crippen LogP contribution is 2.30. The second-order valence-electron chi connectivity index (χ2n) is 1.85. The molecule has 0 aliphatic carbocycles. The van der Waals surface area contributed by atoms with Gasteiger partial charge >= 0.3 is 0 Å². The summed E-state index contributed by atoms with van der Waals surface area (Å²) in [7, 11) is 0.